The lowest BCUT2D eigenvalue weighted by molar-refractivity contribution is 0.102. The van der Waals surface area contributed by atoms with Gasteiger partial charge in [-0.15, -0.1) is 11.3 Å². The molecule has 12 heteroatoms. The molecule has 0 saturated heterocycles. The van der Waals surface area contributed by atoms with Gasteiger partial charge >= 0.3 is 0 Å². The van der Waals surface area contributed by atoms with Gasteiger partial charge in [0.1, 0.15) is 15.7 Å². The fraction of sp³-hybridized carbons (Fsp3) is 0.108. The molecule has 0 saturated carbocycles. The number of aromatic nitrogens is 3. The number of nitrogens with zero attached hydrogens (tertiary/aromatic N) is 3. The molecule has 0 aliphatic carbocycles. The lowest BCUT2D eigenvalue weighted by Gasteiger charge is -2.14. The number of methoxy groups -OCH3 is 3. The number of thiazole rings is 2. The fourth-order valence-electron chi connectivity index (χ4n) is 5.62. The van der Waals surface area contributed by atoms with Crippen LogP contribution in [-0.4, -0.2) is 41.8 Å². The summed E-state index contributed by atoms with van der Waals surface area (Å²) in [6.45, 7) is 0.670. The first-order valence-corrected chi connectivity index (χ1v) is 17.0. The second-order valence-corrected chi connectivity index (χ2v) is 12.9. The van der Waals surface area contributed by atoms with Gasteiger partial charge in [-0.2, -0.15) is 0 Å². The van der Waals surface area contributed by atoms with Crippen molar-refractivity contribution in [2.24, 2.45) is 0 Å². The quantitative estimate of drug-likeness (QED) is 0.124. The summed E-state index contributed by atoms with van der Waals surface area (Å²) in [5.41, 5.74) is 12.1. The number of amides is 1. The minimum atomic E-state index is -0.177. The molecule has 246 valence electrons. The first-order valence-electron chi connectivity index (χ1n) is 15.3. The van der Waals surface area contributed by atoms with Crippen molar-refractivity contribution >= 4 is 61.8 Å². The van der Waals surface area contributed by atoms with Crippen LogP contribution >= 0.6 is 22.7 Å². The molecule has 3 aromatic heterocycles. The molecule has 0 spiro atoms. The first-order chi connectivity index (χ1) is 23.9. The van der Waals surface area contributed by atoms with Crippen molar-refractivity contribution in [2.75, 3.05) is 37.7 Å². The van der Waals surface area contributed by atoms with Gasteiger partial charge in [-0.25, -0.2) is 9.97 Å². The Kier molecular flexibility index (Phi) is 8.88. The molecule has 49 heavy (non-hydrogen) atoms. The number of nitrogens with two attached hydrogens (primary N) is 1. The summed E-state index contributed by atoms with van der Waals surface area (Å²) in [6, 6.07) is 29.4. The summed E-state index contributed by atoms with van der Waals surface area (Å²) in [7, 11) is 4.69. The summed E-state index contributed by atoms with van der Waals surface area (Å²) < 4.78 is 18.5. The topological polar surface area (TPSA) is 126 Å². The number of benzene rings is 4. The number of nitrogen functional groups attached to an aromatic ring is 1. The van der Waals surface area contributed by atoms with E-state index in [0.717, 1.165) is 37.6 Å². The zero-order valence-electron chi connectivity index (χ0n) is 26.9. The Hall–Kier alpha value is -5.85. The third kappa shape index (κ3) is 6.51. The highest BCUT2D eigenvalue weighted by atomic mass is 32.1. The van der Waals surface area contributed by atoms with E-state index < -0.39 is 0 Å². The molecular formula is C37H32N6O4S2. The molecule has 0 radical (unpaired) electrons. The summed E-state index contributed by atoms with van der Waals surface area (Å²) in [5, 5.41) is 10.6. The molecule has 0 aliphatic heterocycles. The van der Waals surface area contributed by atoms with Crippen molar-refractivity contribution in [3.8, 4) is 38.4 Å². The van der Waals surface area contributed by atoms with Gasteiger partial charge in [0.2, 0.25) is 5.75 Å². The third-order valence-electron chi connectivity index (χ3n) is 7.91. The van der Waals surface area contributed by atoms with E-state index in [4.69, 9.17) is 24.9 Å². The Bertz CT molecular complexity index is 2250. The lowest BCUT2D eigenvalue weighted by atomic mass is 10.1. The van der Waals surface area contributed by atoms with Crippen LogP contribution in [0.5, 0.6) is 17.2 Å². The van der Waals surface area contributed by atoms with E-state index >= 15 is 0 Å². The van der Waals surface area contributed by atoms with Crippen LogP contribution in [0.2, 0.25) is 0 Å². The average molecular weight is 689 g/mol. The standard InChI is InChI=1S/C37H32N6O4S2/c1-45-30-17-25(18-31(46-2)32(30)47-3)40-37-42-34(38)33(49-37)36-41-28(21-48-36)23-12-9-13-24(16-23)39-35(44)27-20-43(19-22-10-5-4-6-11-22)29-15-8-7-14-26(27)29/h4-18,20-21H,19,38H2,1-3H3,(H,39,44)(H,40,42). The van der Waals surface area contributed by atoms with Gasteiger partial charge in [-0.05, 0) is 23.8 Å². The number of rotatable bonds is 11. The van der Waals surface area contributed by atoms with E-state index in [1.807, 2.05) is 78.3 Å². The Morgan fingerprint density at radius 1 is 0.857 bits per heavy atom. The second-order valence-electron chi connectivity index (χ2n) is 11.0. The van der Waals surface area contributed by atoms with Crippen molar-refractivity contribution in [2.45, 2.75) is 6.54 Å². The van der Waals surface area contributed by atoms with E-state index in [2.05, 4.69) is 32.3 Å². The largest absolute Gasteiger partial charge is 0.493 e. The number of ether oxygens (including phenoxy) is 3. The highest BCUT2D eigenvalue weighted by Gasteiger charge is 2.19. The zero-order chi connectivity index (χ0) is 33.9. The van der Waals surface area contributed by atoms with Crippen LogP contribution in [0, 0.1) is 0 Å². The predicted octanol–water partition coefficient (Wildman–Crippen LogP) is 8.54. The molecule has 7 rings (SSSR count). The van der Waals surface area contributed by atoms with Gasteiger partial charge in [0.05, 0.1) is 32.6 Å². The average Bonchev–Trinajstić information content (AvgIpc) is 3.86. The number of hydrogen-bond acceptors (Lipinski definition) is 10. The molecule has 0 aliphatic rings. The van der Waals surface area contributed by atoms with Crippen molar-refractivity contribution in [3.63, 3.8) is 0 Å². The Balaban J connectivity index is 1.09. The molecule has 0 atom stereocenters. The maximum atomic E-state index is 13.6. The van der Waals surface area contributed by atoms with Crippen molar-refractivity contribution < 1.29 is 19.0 Å². The van der Waals surface area contributed by atoms with Gasteiger partial charge in [0.25, 0.3) is 5.91 Å². The number of fused-ring (bicyclic) bond motifs is 1. The van der Waals surface area contributed by atoms with E-state index in [1.54, 1.807) is 33.5 Å². The number of anilines is 4. The Labute approximate surface area is 290 Å². The SMILES string of the molecule is COc1cc(Nc2nc(N)c(-c3nc(-c4cccc(NC(=O)c5cn(Cc6ccccc6)c6ccccc56)c4)cs3)s2)cc(OC)c1OC. The van der Waals surface area contributed by atoms with Crippen molar-refractivity contribution in [3.05, 3.63) is 114 Å². The Morgan fingerprint density at radius 2 is 1.61 bits per heavy atom. The van der Waals surface area contributed by atoms with Crippen LogP contribution in [0.25, 0.3) is 32.0 Å². The van der Waals surface area contributed by atoms with Crippen LogP contribution in [-0.2, 0) is 6.54 Å². The summed E-state index contributed by atoms with van der Waals surface area (Å²) in [5.74, 6) is 1.73. The Morgan fingerprint density at radius 3 is 2.37 bits per heavy atom. The van der Waals surface area contributed by atoms with Crippen LogP contribution in [0.1, 0.15) is 15.9 Å². The highest BCUT2D eigenvalue weighted by molar-refractivity contribution is 7.23. The van der Waals surface area contributed by atoms with E-state index in [9.17, 15) is 4.79 Å². The molecule has 4 N–H and O–H groups in total. The molecule has 1 amide bonds. The maximum absolute atomic E-state index is 13.6. The first kappa shape index (κ1) is 31.7. The number of carbonyl (C=O) groups excluding carboxylic acids is 1. The molecule has 0 fully saturated rings. The van der Waals surface area contributed by atoms with E-state index in [1.165, 1.54) is 22.7 Å². The van der Waals surface area contributed by atoms with Gasteiger partial charge in [-0.1, -0.05) is 72.0 Å². The number of hydrogen-bond donors (Lipinski definition) is 3. The number of nitrogens with one attached hydrogen (secondary N) is 2. The van der Waals surface area contributed by atoms with E-state index in [0.29, 0.717) is 51.7 Å². The third-order valence-corrected chi connectivity index (χ3v) is 9.90. The van der Waals surface area contributed by atoms with Gasteiger partial charge in [0.15, 0.2) is 16.6 Å². The maximum Gasteiger partial charge on any atom is 0.257 e. The molecule has 0 unspecified atom stereocenters. The zero-order valence-corrected chi connectivity index (χ0v) is 28.5. The summed E-state index contributed by atoms with van der Waals surface area (Å²) >= 11 is 2.87. The van der Waals surface area contributed by atoms with Crippen LogP contribution in [0.3, 0.4) is 0 Å². The van der Waals surface area contributed by atoms with Crippen LogP contribution in [0.15, 0.2) is 103 Å². The van der Waals surface area contributed by atoms with E-state index in [-0.39, 0.29) is 5.91 Å². The molecule has 7 aromatic rings. The molecule has 10 nitrogen and oxygen atoms in total. The van der Waals surface area contributed by atoms with Gasteiger partial charge < -0.3 is 35.1 Å². The van der Waals surface area contributed by atoms with Crippen molar-refractivity contribution in [1.29, 1.82) is 0 Å². The van der Waals surface area contributed by atoms with Crippen LogP contribution < -0.4 is 30.6 Å². The van der Waals surface area contributed by atoms with Crippen molar-refractivity contribution in [1.82, 2.24) is 14.5 Å². The minimum absolute atomic E-state index is 0.177. The lowest BCUT2D eigenvalue weighted by Crippen LogP contribution is -2.11. The minimum Gasteiger partial charge on any atom is -0.493 e. The smallest absolute Gasteiger partial charge is 0.257 e. The monoisotopic (exact) mass is 688 g/mol. The number of para-hydroxylation sites is 1. The summed E-state index contributed by atoms with van der Waals surface area (Å²) in [6.07, 6.45) is 1.92. The predicted molar refractivity (Wildman–Crippen MR) is 198 cm³/mol. The normalized spacial score (nSPS) is 11.0. The molecule has 3 heterocycles. The second kappa shape index (κ2) is 13.7. The number of carbonyl (C=O) groups is 1. The summed E-state index contributed by atoms with van der Waals surface area (Å²) in [4.78, 5) is 23.8. The van der Waals surface area contributed by atoms with Gasteiger partial charge in [0, 0.05) is 58.1 Å². The fourth-order valence-corrected chi connectivity index (χ4v) is 7.45. The molecule has 4 aromatic carbocycles. The highest BCUT2D eigenvalue weighted by Crippen LogP contribution is 2.43. The molecule has 0 bridgehead atoms. The molecular weight excluding hydrogens is 657 g/mol. The van der Waals surface area contributed by atoms with Gasteiger partial charge in [-0.3, -0.25) is 4.79 Å². The van der Waals surface area contributed by atoms with Crippen LogP contribution in [0.4, 0.5) is 22.3 Å².